The molecule has 0 spiro atoms. The summed E-state index contributed by atoms with van der Waals surface area (Å²) in [6, 6.07) is 14.0. The molecule has 8 heteroatoms. The SMILES string of the molecule is Cc1cccc(N=C2S/C(=C\c3ccc([N+](=O)[O-])cc3)C(=O)N2C[C@H]2CCCO2)c1. The third kappa shape index (κ3) is 4.60. The summed E-state index contributed by atoms with van der Waals surface area (Å²) in [4.78, 5) is 30.5. The minimum absolute atomic E-state index is 0.0102. The Morgan fingerprint density at radius 2 is 2.10 bits per heavy atom. The highest BCUT2D eigenvalue weighted by Crippen LogP contribution is 2.35. The Morgan fingerprint density at radius 3 is 2.77 bits per heavy atom. The number of hydrogen-bond donors (Lipinski definition) is 0. The fourth-order valence-electron chi connectivity index (χ4n) is 3.40. The first-order valence-electron chi connectivity index (χ1n) is 9.72. The Kier molecular flexibility index (Phi) is 5.96. The van der Waals surface area contributed by atoms with E-state index < -0.39 is 4.92 Å². The zero-order valence-electron chi connectivity index (χ0n) is 16.5. The predicted octanol–water partition coefficient (Wildman–Crippen LogP) is 4.69. The number of aryl methyl sites for hydroxylation is 1. The monoisotopic (exact) mass is 423 g/mol. The molecular weight excluding hydrogens is 402 g/mol. The van der Waals surface area contributed by atoms with Gasteiger partial charge < -0.3 is 4.74 Å². The molecule has 0 radical (unpaired) electrons. The van der Waals surface area contributed by atoms with E-state index in [1.165, 1.54) is 23.9 Å². The van der Waals surface area contributed by atoms with Crippen LogP contribution in [0.2, 0.25) is 0 Å². The van der Waals surface area contributed by atoms with Crippen LogP contribution in [0.1, 0.15) is 24.0 Å². The Hall–Kier alpha value is -2.97. The Bertz CT molecular complexity index is 1030. The first-order valence-corrected chi connectivity index (χ1v) is 10.5. The maximum Gasteiger partial charge on any atom is 0.269 e. The van der Waals surface area contributed by atoms with Gasteiger partial charge >= 0.3 is 0 Å². The van der Waals surface area contributed by atoms with Gasteiger partial charge in [0.1, 0.15) is 0 Å². The Morgan fingerprint density at radius 1 is 1.30 bits per heavy atom. The van der Waals surface area contributed by atoms with E-state index in [-0.39, 0.29) is 17.7 Å². The quantitative estimate of drug-likeness (QED) is 0.396. The van der Waals surface area contributed by atoms with Crippen LogP contribution in [0.3, 0.4) is 0 Å². The zero-order valence-corrected chi connectivity index (χ0v) is 17.3. The summed E-state index contributed by atoms with van der Waals surface area (Å²) in [5.74, 6) is -0.125. The molecule has 0 aliphatic carbocycles. The molecule has 0 saturated carbocycles. The molecule has 2 aromatic carbocycles. The molecule has 2 aromatic rings. The molecule has 30 heavy (non-hydrogen) atoms. The second kappa shape index (κ2) is 8.81. The summed E-state index contributed by atoms with van der Waals surface area (Å²) >= 11 is 1.31. The second-order valence-electron chi connectivity index (χ2n) is 7.24. The number of ether oxygens (including phenoxy) is 1. The first kappa shape index (κ1) is 20.3. The number of amidine groups is 1. The van der Waals surface area contributed by atoms with Gasteiger partial charge in [0.05, 0.1) is 28.2 Å². The van der Waals surface area contributed by atoms with Crippen molar-refractivity contribution in [2.75, 3.05) is 13.2 Å². The lowest BCUT2D eigenvalue weighted by Gasteiger charge is -2.19. The zero-order chi connectivity index (χ0) is 21.1. The van der Waals surface area contributed by atoms with Crippen LogP contribution in [0, 0.1) is 17.0 Å². The molecule has 2 aliphatic rings. The van der Waals surface area contributed by atoms with Gasteiger partial charge in [0.2, 0.25) is 0 Å². The van der Waals surface area contributed by atoms with Crippen LogP contribution in [0.15, 0.2) is 58.4 Å². The Labute approximate surface area is 178 Å². The third-order valence-corrected chi connectivity index (χ3v) is 5.93. The molecule has 0 bridgehead atoms. The van der Waals surface area contributed by atoms with E-state index >= 15 is 0 Å². The van der Waals surface area contributed by atoms with E-state index in [0.717, 1.165) is 36.3 Å². The van der Waals surface area contributed by atoms with Crippen LogP contribution in [0.5, 0.6) is 0 Å². The lowest BCUT2D eigenvalue weighted by molar-refractivity contribution is -0.384. The van der Waals surface area contributed by atoms with E-state index in [2.05, 4.69) is 0 Å². The molecule has 2 saturated heterocycles. The number of thioether (sulfide) groups is 1. The van der Waals surface area contributed by atoms with Gasteiger partial charge in [0.25, 0.3) is 11.6 Å². The van der Waals surface area contributed by atoms with Crippen molar-refractivity contribution < 1.29 is 14.5 Å². The number of hydrogen-bond acceptors (Lipinski definition) is 6. The predicted molar refractivity (Wildman–Crippen MR) is 118 cm³/mol. The number of nitrogens with zero attached hydrogens (tertiary/aromatic N) is 3. The fourth-order valence-corrected chi connectivity index (χ4v) is 4.40. The van der Waals surface area contributed by atoms with E-state index in [9.17, 15) is 14.9 Å². The van der Waals surface area contributed by atoms with Gasteiger partial charge in [0, 0.05) is 18.7 Å². The number of benzene rings is 2. The van der Waals surface area contributed by atoms with E-state index in [1.807, 2.05) is 31.2 Å². The van der Waals surface area contributed by atoms with Crippen molar-refractivity contribution in [3.05, 3.63) is 74.7 Å². The van der Waals surface area contributed by atoms with Gasteiger partial charge in [-0.05, 0) is 73.0 Å². The number of rotatable bonds is 5. The van der Waals surface area contributed by atoms with Crippen LogP contribution >= 0.6 is 11.8 Å². The highest BCUT2D eigenvalue weighted by Gasteiger charge is 2.35. The summed E-state index contributed by atoms with van der Waals surface area (Å²) < 4.78 is 5.73. The van der Waals surface area contributed by atoms with E-state index in [1.54, 1.807) is 23.1 Å². The van der Waals surface area contributed by atoms with Gasteiger partial charge in [-0.25, -0.2) is 4.99 Å². The average Bonchev–Trinajstić information content (AvgIpc) is 3.33. The average molecular weight is 423 g/mol. The summed E-state index contributed by atoms with van der Waals surface area (Å²) in [7, 11) is 0. The molecule has 2 fully saturated rings. The number of aliphatic imine (C=N–C) groups is 1. The molecule has 7 nitrogen and oxygen atoms in total. The van der Waals surface area contributed by atoms with E-state index in [4.69, 9.17) is 9.73 Å². The summed E-state index contributed by atoms with van der Waals surface area (Å²) in [5.41, 5.74) is 2.63. The molecule has 2 aliphatic heterocycles. The fraction of sp³-hybridized carbons (Fsp3) is 0.273. The molecule has 1 atom stereocenters. The lowest BCUT2D eigenvalue weighted by Crippen LogP contribution is -2.36. The number of amides is 1. The van der Waals surface area contributed by atoms with Crippen LogP contribution in [-0.2, 0) is 9.53 Å². The van der Waals surface area contributed by atoms with Gasteiger partial charge in [-0.2, -0.15) is 0 Å². The normalized spacial score (nSPS) is 21.7. The van der Waals surface area contributed by atoms with Gasteiger partial charge in [0.15, 0.2) is 5.17 Å². The summed E-state index contributed by atoms with van der Waals surface area (Å²) in [5, 5.41) is 11.5. The number of carbonyl (C=O) groups excluding carboxylic acids is 1. The minimum Gasteiger partial charge on any atom is -0.376 e. The maximum absolute atomic E-state index is 13.1. The highest BCUT2D eigenvalue weighted by molar-refractivity contribution is 8.18. The smallest absolute Gasteiger partial charge is 0.269 e. The van der Waals surface area contributed by atoms with Crippen LogP contribution in [-0.4, -0.2) is 40.2 Å². The van der Waals surface area contributed by atoms with Crippen molar-refractivity contribution >= 4 is 40.3 Å². The standard InChI is InChI=1S/C22H21N3O4S/c1-15-4-2-5-17(12-15)23-22-24(14-19-6-3-11-29-19)21(26)20(30-22)13-16-7-9-18(10-8-16)25(27)28/h2,4-5,7-10,12-13,19H,3,6,11,14H2,1H3/b20-13-,23-22?/t19-/m1/s1. The third-order valence-electron chi connectivity index (χ3n) is 4.93. The van der Waals surface area contributed by atoms with Crippen molar-refractivity contribution in [1.29, 1.82) is 0 Å². The topological polar surface area (TPSA) is 85.0 Å². The van der Waals surface area contributed by atoms with Crippen molar-refractivity contribution in [3.8, 4) is 0 Å². The molecule has 154 valence electrons. The van der Waals surface area contributed by atoms with Crippen molar-refractivity contribution in [1.82, 2.24) is 4.90 Å². The number of nitro benzene ring substituents is 1. The van der Waals surface area contributed by atoms with Crippen LogP contribution in [0.25, 0.3) is 6.08 Å². The van der Waals surface area contributed by atoms with Gasteiger partial charge in [-0.3, -0.25) is 19.8 Å². The van der Waals surface area contributed by atoms with Crippen LogP contribution in [0.4, 0.5) is 11.4 Å². The molecule has 0 aromatic heterocycles. The van der Waals surface area contributed by atoms with Crippen molar-refractivity contribution in [3.63, 3.8) is 0 Å². The van der Waals surface area contributed by atoms with E-state index in [0.29, 0.717) is 16.6 Å². The number of carbonyl (C=O) groups is 1. The molecule has 1 amide bonds. The second-order valence-corrected chi connectivity index (χ2v) is 8.25. The van der Waals surface area contributed by atoms with Crippen molar-refractivity contribution in [2.24, 2.45) is 4.99 Å². The maximum atomic E-state index is 13.1. The highest BCUT2D eigenvalue weighted by atomic mass is 32.2. The molecule has 4 rings (SSSR count). The summed E-state index contributed by atoms with van der Waals surface area (Å²) in [6.07, 6.45) is 3.68. The van der Waals surface area contributed by atoms with Crippen molar-refractivity contribution in [2.45, 2.75) is 25.9 Å². The number of non-ortho nitro benzene ring substituents is 1. The molecular formula is C22H21N3O4S. The lowest BCUT2D eigenvalue weighted by atomic mass is 10.2. The molecule has 0 N–H and O–H groups in total. The molecule has 0 unspecified atom stereocenters. The largest absolute Gasteiger partial charge is 0.376 e. The number of nitro groups is 1. The molecule has 2 heterocycles. The minimum atomic E-state index is -0.442. The Balaban J connectivity index is 1.64. The van der Waals surface area contributed by atoms with Crippen LogP contribution < -0.4 is 0 Å². The summed E-state index contributed by atoms with van der Waals surface area (Å²) in [6.45, 7) is 3.18. The van der Waals surface area contributed by atoms with Gasteiger partial charge in [-0.1, -0.05) is 12.1 Å². The first-order chi connectivity index (χ1) is 14.5. The van der Waals surface area contributed by atoms with Gasteiger partial charge in [-0.15, -0.1) is 0 Å².